The predicted molar refractivity (Wildman–Crippen MR) is 113 cm³/mol. The van der Waals surface area contributed by atoms with Crippen molar-refractivity contribution in [2.24, 2.45) is 23.7 Å². The van der Waals surface area contributed by atoms with E-state index in [2.05, 4.69) is 10.6 Å². The van der Waals surface area contributed by atoms with E-state index in [1.807, 2.05) is 13.8 Å². The SMILES string of the molecule is [B]CC[C@@H]1CC[C@@H](CNC(=O)[C@H](CC(C)C)NC(=O)OC(C)(C)C)C(C(=O)O)C1. The first-order valence-electron chi connectivity index (χ1n) is 10.6. The first-order chi connectivity index (χ1) is 13.4. The Balaban J connectivity index is 2.68. The van der Waals surface area contributed by atoms with E-state index in [1.165, 1.54) is 0 Å². The Morgan fingerprint density at radius 3 is 2.38 bits per heavy atom. The minimum atomic E-state index is -0.823. The molecule has 0 spiro atoms. The van der Waals surface area contributed by atoms with Crippen LogP contribution in [-0.2, 0) is 14.3 Å². The molecule has 0 bridgehead atoms. The summed E-state index contributed by atoms with van der Waals surface area (Å²) in [6, 6.07) is -0.721. The van der Waals surface area contributed by atoms with Crippen LogP contribution in [0.2, 0.25) is 6.32 Å². The molecule has 164 valence electrons. The summed E-state index contributed by atoms with van der Waals surface area (Å²) in [5, 5.41) is 15.1. The van der Waals surface area contributed by atoms with Crippen molar-refractivity contribution in [3.8, 4) is 0 Å². The van der Waals surface area contributed by atoms with Gasteiger partial charge >= 0.3 is 12.1 Å². The topological polar surface area (TPSA) is 105 Å². The lowest BCUT2D eigenvalue weighted by Gasteiger charge is -2.34. The van der Waals surface area contributed by atoms with Gasteiger partial charge in [0.25, 0.3) is 0 Å². The van der Waals surface area contributed by atoms with Crippen molar-refractivity contribution in [2.75, 3.05) is 6.54 Å². The maximum Gasteiger partial charge on any atom is 0.408 e. The Morgan fingerprint density at radius 1 is 1.21 bits per heavy atom. The fourth-order valence-electron chi connectivity index (χ4n) is 3.87. The van der Waals surface area contributed by atoms with Gasteiger partial charge < -0.3 is 20.5 Å². The molecular formula is C21H37BN2O5. The fraction of sp³-hybridized carbons (Fsp3) is 0.857. The minimum Gasteiger partial charge on any atom is -0.481 e. The maximum absolute atomic E-state index is 12.7. The molecule has 3 N–H and O–H groups in total. The molecule has 2 amide bonds. The van der Waals surface area contributed by atoms with Crippen LogP contribution in [0.1, 0.15) is 66.7 Å². The van der Waals surface area contributed by atoms with E-state index in [0.717, 1.165) is 19.3 Å². The van der Waals surface area contributed by atoms with Crippen LogP contribution in [0, 0.1) is 23.7 Å². The molecule has 1 saturated carbocycles. The quantitative estimate of drug-likeness (QED) is 0.509. The summed E-state index contributed by atoms with van der Waals surface area (Å²) in [7, 11) is 5.62. The zero-order valence-corrected chi connectivity index (χ0v) is 18.5. The van der Waals surface area contributed by atoms with Crippen molar-refractivity contribution in [3.63, 3.8) is 0 Å². The molecule has 0 heterocycles. The number of ether oxygens (including phenoxy) is 1. The van der Waals surface area contributed by atoms with Gasteiger partial charge in [0.1, 0.15) is 11.6 Å². The number of hydrogen-bond donors (Lipinski definition) is 3. The van der Waals surface area contributed by atoms with Crippen molar-refractivity contribution in [3.05, 3.63) is 0 Å². The van der Waals surface area contributed by atoms with Gasteiger partial charge in [0.15, 0.2) is 0 Å². The largest absolute Gasteiger partial charge is 0.481 e. The molecule has 0 aliphatic heterocycles. The molecule has 1 unspecified atom stereocenters. The molecule has 0 aromatic heterocycles. The first-order valence-corrected chi connectivity index (χ1v) is 10.6. The Bertz CT molecular complexity index is 562. The number of aliphatic carboxylic acids is 1. The standard InChI is InChI=1S/C21H37BN2O5/c1-13(2)10-17(24-20(28)29-21(3,4)5)18(25)23-12-15-7-6-14(8-9-22)11-16(15)19(26)27/h13-17H,6-12H2,1-5H3,(H,23,25)(H,24,28)(H,26,27)/t14-,15-,16?,17-/m0/s1. The monoisotopic (exact) mass is 408 g/mol. The van der Waals surface area contributed by atoms with Gasteiger partial charge in [-0.05, 0) is 57.8 Å². The van der Waals surface area contributed by atoms with E-state index >= 15 is 0 Å². The second-order valence-corrected chi connectivity index (χ2v) is 9.53. The number of carboxylic acids is 1. The molecule has 8 heteroatoms. The van der Waals surface area contributed by atoms with Crippen molar-refractivity contribution >= 4 is 25.8 Å². The molecule has 1 aliphatic carbocycles. The number of rotatable bonds is 9. The third-order valence-corrected chi connectivity index (χ3v) is 5.25. The highest BCUT2D eigenvalue weighted by Crippen LogP contribution is 2.36. The van der Waals surface area contributed by atoms with Gasteiger partial charge in [0.2, 0.25) is 5.91 Å². The second kappa shape index (κ2) is 11.5. The molecule has 4 atom stereocenters. The van der Waals surface area contributed by atoms with Crippen molar-refractivity contribution in [1.29, 1.82) is 0 Å². The Morgan fingerprint density at radius 2 is 1.86 bits per heavy atom. The molecule has 0 aromatic rings. The third-order valence-electron chi connectivity index (χ3n) is 5.25. The van der Waals surface area contributed by atoms with Gasteiger partial charge in [-0.2, -0.15) is 0 Å². The number of nitrogens with one attached hydrogen (secondary N) is 2. The Hall–Kier alpha value is -1.73. The van der Waals surface area contributed by atoms with E-state index in [1.54, 1.807) is 20.8 Å². The highest BCUT2D eigenvalue weighted by molar-refractivity contribution is 6.08. The van der Waals surface area contributed by atoms with Gasteiger partial charge in [0, 0.05) is 6.54 Å². The summed E-state index contributed by atoms with van der Waals surface area (Å²) in [5.74, 6) is -1.21. The smallest absolute Gasteiger partial charge is 0.408 e. The van der Waals surface area contributed by atoms with Gasteiger partial charge in [-0.25, -0.2) is 4.79 Å². The van der Waals surface area contributed by atoms with Crippen LogP contribution in [0.15, 0.2) is 0 Å². The fourth-order valence-corrected chi connectivity index (χ4v) is 3.87. The van der Waals surface area contributed by atoms with Crippen LogP contribution < -0.4 is 10.6 Å². The highest BCUT2D eigenvalue weighted by Gasteiger charge is 2.35. The van der Waals surface area contributed by atoms with E-state index in [9.17, 15) is 19.5 Å². The Kier molecular flexibility index (Phi) is 10.0. The van der Waals surface area contributed by atoms with Gasteiger partial charge in [-0.3, -0.25) is 9.59 Å². The van der Waals surface area contributed by atoms with E-state index in [-0.39, 0.29) is 24.3 Å². The summed E-state index contributed by atoms with van der Waals surface area (Å²) >= 11 is 0. The molecule has 29 heavy (non-hydrogen) atoms. The first kappa shape index (κ1) is 25.3. The summed E-state index contributed by atoms with van der Waals surface area (Å²) in [6.07, 6.45) is 3.49. The normalized spacial score (nSPS) is 23.3. The lowest BCUT2D eigenvalue weighted by atomic mass is 9.71. The number of carboxylic acid groups (broad SMARTS) is 1. The van der Waals surface area contributed by atoms with Gasteiger partial charge in [-0.15, -0.1) is 0 Å². The molecule has 0 aromatic carbocycles. The molecule has 7 nitrogen and oxygen atoms in total. The van der Waals surface area contributed by atoms with Crippen LogP contribution in [0.3, 0.4) is 0 Å². The molecular weight excluding hydrogens is 371 g/mol. The van der Waals surface area contributed by atoms with Crippen molar-refractivity contribution < 1.29 is 24.2 Å². The molecule has 1 aliphatic rings. The minimum absolute atomic E-state index is 0.119. The number of alkyl carbamates (subject to hydrolysis) is 1. The van der Waals surface area contributed by atoms with E-state index in [4.69, 9.17) is 12.6 Å². The summed E-state index contributed by atoms with van der Waals surface area (Å²) in [4.78, 5) is 36.5. The molecule has 1 rings (SSSR count). The predicted octanol–water partition coefficient (Wildman–Crippen LogP) is 3.14. The van der Waals surface area contributed by atoms with Crippen LogP contribution in [0.4, 0.5) is 4.79 Å². The summed E-state index contributed by atoms with van der Waals surface area (Å²) < 4.78 is 5.26. The average Bonchev–Trinajstić information content (AvgIpc) is 2.57. The summed E-state index contributed by atoms with van der Waals surface area (Å²) in [6.45, 7) is 9.51. The Labute approximate surface area is 176 Å². The number of amides is 2. The molecule has 2 radical (unpaired) electrons. The molecule has 0 saturated heterocycles. The number of carbonyl (C=O) groups excluding carboxylic acids is 2. The van der Waals surface area contributed by atoms with Crippen LogP contribution >= 0.6 is 0 Å². The van der Waals surface area contributed by atoms with Gasteiger partial charge in [0.05, 0.1) is 13.8 Å². The lowest BCUT2D eigenvalue weighted by Crippen LogP contribution is -2.50. The van der Waals surface area contributed by atoms with E-state index < -0.39 is 29.6 Å². The molecule has 1 fully saturated rings. The van der Waals surface area contributed by atoms with E-state index in [0.29, 0.717) is 25.1 Å². The van der Waals surface area contributed by atoms with Crippen LogP contribution in [-0.4, -0.2) is 49.1 Å². The summed E-state index contributed by atoms with van der Waals surface area (Å²) in [5.41, 5.74) is -0.653. The van der Waals surface area contributed by atoms with Gasteiger partial charge in [-0.1, -0.05) is 33.0 Å². The van der Waals surface area contributed by atoms with Crippen LogP contribution in [0.5, 0.6) is 0 Å². The van der Waals surface area contributed by atoms with Crippen molar-refractivity contribution in [1.82, 2.24) is 10.6 Å². The zero-order valence-electron chi connectivity index (χ0n) is 18.5. The highest BCUT2D eigenvalue weighted by atomic mass is 16.6. The lowest BCUT2D eigenvalue weighted by molar-refractivity contribution is -0.146. The third kappa shape index (κ3) is 9.55. The van der Waals surface area contributed by atoms with Crippen LogP contribution in [0.25, 0.3) is 0 Å². The second-order valence-electron chi connectivity index (χ2n) is 9.53. The average molecular weight is 408 g/mol. The zero-order chi connectivity index (χ0) is 22.2. The maximum atomic E-state index is 12.7. The van der Waals surface area contributed by atoms with Crippen molar-refractivity contribution in [2.45, 2.75) is 84.7 Å². The number of carbonyl (C=O) groups is 3. The number of hydrogen-bond acceptors (Lipinski definition) is 4.